The van der Waals surface area contributed by atoms with Crippen molar-refractivity contribution >= 4 is 20.0 Å². The molecule has 7 nitrogen and oxygen atoms in total. The summed E-state index contributed by atoms with van der Waals surface area (Å²) in [6, 6.07) is -0.213. The van der Waals surface area contributed by atoms with Crippen LogP contribution in [0.5, 0.6) is 0 Å². The lowest BCUT2D eigenvalue weighted by atomic mass is 9.58. The molecule has 0 spiro atoms. The number of nitrogens with one attached hydrogen (secondary N) is 2. The normalized spacial score (nSPS) is 29.1. The monoisotopic (exact) mass is 342 g/mol. The zero-order valence-corrected chi connectivity index (χ0v) is 14.8. The SMILES string of the molecule is CCS(=O)(=O)NCCS(=O)(=O)N[C@@H]1[C@H](C)[C@@H](OC)C1(C)C. The zero-order chi connectivity index (χ0) is 16.5. The van der Waals surface area contributed by atoms with E-state index in [1.165, 1.54) is 6.92 Å². The van der Waals surface area contributed by atoms with Crippen LogP contribution in [0.1, 0.15) is 27.7 Å². The molecule has 1 fully saturated rings. The maximum Gasteiger partial charge on any atom is 0.213 e. The van der Waals surface area contributed by atoms with Crippen LogP contribution >= 0.6 is 0 Å². The Morgan fingerprint density at radius 3 is 2.14 bits per heavy atom. The molecule has 1 rings (SSSR count). The average molecular weight is 342 g/mol. The molecule has 0 aromatic carbocycles. The van der Waals surface area contributed by atoms with Crippen molar-refractivity contribution < 1.29 is 21.6 Å². The summed E-state index contributed by atoms with van der Waals surface area (Å²) in [6.45, 7) is 7.22. The van der Waals surface area contributed by atoms with Crippen LogP contribution in [0.2, 0.25) is 0 Å². The zero-order valence-electron chi connectivity index (χ0n) is 13.2. The van der Waals surface area contributed by atoms with E-state index < -0.39 is 20.0 Å². The summed E-state index contributed by atoms with van der Waals surface area (Å²) in [6.07, 6.45) is 0.00351. The fraction of sp³-hybridized carbons (Fsp3) is 1.00. The predicted molar refractivity (Wildman–Crippen MR) is 81.9 cm³/mol. The highest BCUT2D eigenvalue weighted by Gasteiger charge is 2.55. The lowest BCUT2D eigenvalue weighted by Crippen LogP contribution is -2.68. The van der Waals surface area contributed by atoms with Crippen LogP contribution in [0, 0.1) is 11.3 Å². The third kappa shape index (κ3) is 4.38. The summed E-state index contributed by atoms with van der Waals surface area (Å²) in [5, 5.41) is 0. The Labute approximate surface area is 127 Å². The second kappa shape index (κ2) is 6.49. The maximum atomic E-state index is 12.0. The number of hydrogen-bond acceptors (Lipinski definition) is 5. The van der Waals surface area contributed by atoms with Crippen LogP contribution in [0.4, 0.5) is 0 Å². The highest BCUT2D eigenvalue weighted by Crippen LogP contribution is 2.47. The van der Waals surface area contributed by atoms with Crippen molar-refractivity contribution in [2.24, 2.45) is 11.3 Å². The Balaban J connectivity index is 2.58. The van der Waals surface area contributed by atoms with E-state index in [1.54, 1.807) is 7.11 Å². The van der Waals surface area contributed by atoms with Gasteiger partial charge in [-0.05, 0) is 12.8 Å². The molecule has 0 radical (unpaired) electrons. The molecule has 0 amide bonds. The Morgan fingerprint density at radius 1 is 1.14 bits per heavy atom. The van der Waals surface area contributed by atoms with Gasteiger partial charge in [0.15, 0.2) is 0 Å². The van der Waals surface area contributed by atoms with Gasteiger partial charge in [-0.15, -0.1) is 0 Å². The molecule has 126 valence electrons. The largest absolute Gasteiger partial charge is 0.380 e. The highest BCUT2D eigenvalue weighted by molar-refractivity contribution is 7.90. The third-order valence-corrected chi connectivity index (χ3v) is 6.93. The van der Waals surface area contributed by atoms with Crippen LogP contribution in [-0.4, -0.2) is 54.1 Å². The Bertz CT molecular complexity index is 556. The maximum absolute atomic E-state index is 12.0. The van der Waals surface area contributed by atoms with Crippen LogP contribution in [0.15, 0.2) is 0 Å². The van der Waals surface area contributed by atoms with Gasteiger partial charge in [0.1, 0.15) is 0 Å². The number of ether oxygens (including phenoxy) is 1. The molecular weight excluding hydrogens is 316 g/mol. The summed E-state index contributed by atoms with van der Waals surface area (Å²) in [5.74, 6) is -0.265. The minimum absolute atomic E-state index is 0.00351. The summed E-state index contributed by atoms with van der Waals surface area (Å²) < 4.78 is 56.9. The summed E-state index contributed by atoms with van der Waals surface area (Å²) in [4.78, 5) is 0. The van der Waals surface area contributed by atoms with Crippen LogP contribution < -0.4 is 9.44 Å². The predicted octanol–water partition coefficient (Wildman–Crippen LogP) is -0.0954. The van der Waals surface area contributed by atoms with Gasteiger partial charge >= 0.3 is 0 Å². The van der Waals surface area contributed by atoms with E-state index in [0.717, 1.165) is 0 Å². The lowest BCUT2D eigenvalue weighted by molar-refractivity contribution is -0.138. The van der Waals surface area contributed by atoms with Gasteiger partial charge in [0.05, 0.1) is 17.6 Å². The molecule has 0 saturated heterocycles. The molecule has 0 aromatic rings. The molecular formula is C12H26N2O5S2. The first-order valence-electron chi connectivity index (χ1n) is 6.97. The van der Waals surface area contributed by atoms with Crippen molar-refractivity contribution in [1.29, 1.82) is 0 Å². The van der Waals surface area contributed by atoms with Gasteiger partial charge in [-0.25, -0.2) is 26.3 Å². The number of rotatable bonds is 8. The average Bonchev–Trinajstić information content (AvgIpc) is 2.36. The first-order valence-corrected chi connectivity index (χ1v) is 10.3. The molecule has 0 unspecified atom stereocenters. The lowest BCUT2D eigenvalue weighted by Gasteiger charge is -2.56. The van der Waals surface area contributed by atoms with E-state index in [4.69, 9.17) is 4.74 Å². The first-order chi connectivity index (χ1) is 9.47. The molecule has 1 aliphatic rings. The van der Waals surface area contributed by atoms with Crippen molar-refractivity contribution in [1.82, 2.24) is 9.44 Å². The van der Waals surface area contributed by atoms with Gasteiger partial charge in [-0.1, -0.05) is 20.8 Å². The quantitative estimate of drug-likeness (QED) is 0.642. The van der Waals surface area contributed by atoms with E-state index in [1.807, 2.05) is 20.8 Å². The van der Waals surface area contributed by atoms with Gasteiger partial charge in [0, 0.05) is 25.1 Å². The van der Waals surface area contributed by atoms with Crippen molar-refractivity contribution in [3.05, 3.63) is 0 Å². The van der Waals surface area contributed by atoms with Gasteiger partial charge in [-0.2, -0.15) is 0 Å². The smallest absolute Gasteiger partial charge is 0.213 e. The Hall–Kier alpha value is -0.220. The molecule has 0 bridgehead atoms. The molecule has 0 heterocycles. The van der Waals surface area contributed by atoms with Crippen molar-refractivity contribution in [3.63, 3.8) is 0 Å². The van der Waals surface area contributed by atoms with Crippen LogP contribution in [0.25, 0.3) is 0 Å². The third-order valence-electron chi connectivity index (χ3n) is 4.17. The number of sulfonamides is 2. The van der Waals surface area contributed by atoms with Crippen molar-refractivity contribution in [3.8, 4) is 0 Å². The van der Waals surface area contributed by atoms with E-state index in [-0.39, 0.29) is 41.5 Å². The number of hydrogen-bond donors (Lipinski definition) is 2. The second-order valence-electron chi connectivity index (χ2n) is 6.05. The van der Waals surface area contributed by atoms with Crippen LogP contribution in [0.3, 0.4) is 0 Å². The molecule has 2 N–H and O–H groups in total. The second-order valence-corrected chi connectivity index (χ2v) is 10.0. The molecule has 3 atom stereocenters. The van der Waals surface area contributed by atoms with Crippen molar-refractivity contribution in [2.45, 2.75) is 39.8 Å². The van der Waals surface area contributed by atoms with Crippen LogP contribution in [-0.2, 0) is 24.8 Å². The standard InChI is InChI=1S/C12H26N2O5S2/c1-6-20(15,16)13-7-8-21(17,18)14-10-9(2)11(19-5)12(10,3)4/h9-11,13-14H,6-8H2,1-5H3/t9-,10+,11+/m0/s1. The van der Waals surface area contributed by atoms with Gasteiger partial charge in [0.2, 0.25) is 20.0 Å². The summed E-state index contributed by atoms with van der Waals surface area (Å²) in [7, 11) is -5.29. The van der Waals surface area contributed by atoms with E-state index >= 15 is 0 Å². The minimum atomic E-state index is -3.54. The van der Waals surface area contributed by atoms with Gasteiger partial charge in [0.25, 0.3) is 0 Å². The molecule has 0 aliphatic heterocycles. The first kappa shape index (κ1) is 18.8. The molecule has 0 aromatic heterocycles. The van der Waals surface area contributed by atoms with E-state index in [2.05, 4.69) is 9.44 Å². The molecule has 1 saturated carbocycles. The van der Waals surface area contributed by atoms with E-state index in [9.17, 15) is 16.8 Å². The highest BCUT2D eigenvalue weighted by atomic mass is 32.2. The topological polar surface area (TPSA) is 102 Å². The summed E-state index contributed by atoms with van der Waals surface area (Å²) in [5.41, 5.74) is -0.288. The molecule has 21 heavy (non-hydrogen) atoms. The number of methoxy groups -OCH3 is 1. The minimum Gasteiger partial charge on any atom is -0.380 e. The van der Waals surface area contributed by atoms with Crippen molar-refractivity contribution in [2.75, 3.05) is 25.2 Å². The molecule has 9 heteroatoms. The van der Waals surface area contributed by atoms with E-state index in [0.29, 0.717) is 0 Å². The summed E-state index contributed by atoms with van der Waals surface area (Å²) >= 11 is 0. The fourth-order valence-electron chi connectivity index (χ4n) is 3.05. The Kier molecular flexibility index (Phi) is 5.82. The molecule has 1 aliphatic carbocycles. The fourth-order valence-corrected chi connectivity index (χ4v) is 5.19. The van der Waals surface area contributed by atoms with Gasteiger partial charge in [-0.3, -0.25) is 0 Å². The van der Waals surface area contributed by atoms with Gasteiger partial charge < -0.3 is 4.74 Å². The Morgan fingerprint density at radius 2 is 1.71 bits per heavy atom.